The molecule has 1 aliphatic heterocycles. The van der Waals surface area contributed by atoms with Crippen LogP contribution >= 0.6 is 0 Å². The van der Waals surface area contributed by atoms with E-state index < -0.39 is 11.7 Å². The highest BCUT2D eigenvalue weighted by Gasteiger charge is 2.33. The Morgan fingerprint density at radius 2 is 1.96 bits per heavy atom. The minimum Gasteiger partial charge on any atom is -0.357 e. The Bertz CT molecular complexity index is 808. The molecule has 1 atom stereocenters. The summed E-state index contributed by atoms with van der Waals surface area (Å²) in [5.74, 6) is 0.482. The van der Waals surface area contributed by atoms with E-state index in [-0.39, 0.29) is 11.8 Å². The highest BCUT2D eigenvalue weighted by atomic mass is 19.4. The fraction of sp³-hybridized carbons (Fsp3) is 0.450. The van der Waals surface area contributed by atoms with Crippen molar-refractivity contribution in [3.63, 3.8) is 0 Å². The van der Waals surface area contributed by atoms with Gasteiger partial charge in [-0.25, -0.2) is 9.97 Å². The summed E-state index contributed by atoms with van der Waals surface area (Å²) in [4.78, 5) is 22.6. The number of carbonyl (C=O) groups is 1. The molecule has 1 fully saturated rings. The third-order valence-corrected chi connectivity index (χ3v) is 5.07. The third kappa shape index (κ3) is 4.79. The molecule has 0 saturated carbocycles. The molecule has 150 valence electrons. The van der Waals surface area contributed by atoms with E-state index in [2.05, 4.69) is 15.3 Å². The number of benzene rings is 1. The van der Waals surface area contributed by atoms with Crippen LogP contribution in [0.1, 0.15) is 40.7 Å². The minimum atomic E-state index is -4.34. The number of rotatable bonds is 5. The molecule has 5 nitrogen and oxygen atoms in total. The molecule has 8 heteroatoms. The van der Waals surface area contributed by atoms with Gasteiger partial charge in [-0.1, -0.05) is 18.2 Å². The van der Waals surface area contributed by atoms with Gasteiger partial charge in [0.05, 0.1) is 11.1 Å². The smallest absolute Gasteiger partial charge is 0.357 e. The topological polar surface area (TPSA) is 58.1 Å². The van der Waals surface area contributed by atoms with Crippen LogP contribution in [0.3, 0.4) is 0 Å². The maximum atomic E-state index is 13.2. The van der Waals surface area contributed by atoms with E-state index in [0.717, 1.165) is 18.9 Å². The van der Waals surface area contributed by atoms with Crippen LogP contribution in [-0.2, 0) is 12.6 Å². The average Bonchev–Trinajstić information content (AvgIpc) is 2.71. The molecule has 2 aromatic rings. The zero-order valence-corrected chi connectivity index (χ0v) is 15.7. The van der Waals surface area contributed by atoms with Gasteiger partial charge in [-0.15, -0.1) is 0 Å². The van der Waals surface area contributed by atoms with Crippen molar-refractivity contribution in [1.29, 1.82) is 0 Å². The summed E-state index contributed by atoms with van der Waals surface area (Å²) in [7, 11) is 1.70. The molecule has 0 radical (unpaired) electrons. The second-order valence-electron chi connectivity index (χ2n) is 7.00. The molecule has 0 spiro atoms. The second-order valence-corrected chi connectivity index (χ2v) is 7.00. The molecule has 0 bridgehead atoms. The summed E-state index contributed by atoms with van der Waals surface area (Å²) in [6, 6.07) is 5.71. The summed E-state index contributed by atoms with van der Waals surface area (Å²) in [6.45, 7) is 1.18. The minimum absolute atomic E-state index is 0.136. The highest BCUT2D eigenvalue weighted by molar-refractivity contribution is 5.93. The number of hydrogen-bond acceptors (Lipinski definition) is 4. The lowest BCUT2D eigenvalue weighted by atomic mass is 9.90. The number of carbonyl (C=O) groups excluding carboxylic acids is 1. The molecule has 2 heterocycles. The van der Waals surface area contributed by atoms with Crippen LogP contribution in [0.5, 0.6) is 0 Å². The Morgan fingerprint density at radius 3 is 2.64 bits per heavy atom. The first-order valence-electron chi connectivity index (χ1n) is 9.32. The first-order chi connectivity index (χ1) is 13.4. The van der Waals surface area contributed by atoms with Gasteiger partial charge in [-0.2, -0.15) is 13.2 Å². The van der Waals surface area contributed by atoms with E-state index >= 15 is 0 Å². The number of aryl methyl sites for hydroxylation is 1. The molecule has 1 aliphatic rings. The van der Waals surface area contributed by atoms with Crippen molar-refractivity contribution in [3.05, 3.63) is 53.3 Å². The first-order valence-corrected chi connectivity index (χ1v) is 9.32. The molecule has 3 rings (SSSR count). The Morgan fingerprint density at radius 1 is 1.25 bits per heavy atom. The van der Waals surface area contributed by atoms with Crippen LogP contribution in [0.25, 0.3) is 0 Å². The van der Waals surface area contributed by atoms with Crippen molar-refractivity contribution in [3.8, 4) is 0 Å². The van der Waals surface area contributed by atoms with Crippen LogP contribution in [0.15, 0.2) is 36.7 Å². The molecular weight excluding hydrogens is 369 g/mol. The number of alkyl halides is 3. The molecule has 1 N–H and O–H groups in total. The van der Waals surface area contributed by atoms with Gasteiger partial charge >= 0.3 is 6.18 Å². The number of halogens is 3. The van der Waals surface area contributed by atoms with Crippen molar-refractivity contribution in [2.24, 2.45) is 5.92 Å². The van der Waals surface area contributed by atoms with E-state index in [0.29, 0.717) is 43.0 Å². The lowest BCUT2D eigenvalue weighted by Gasteiger charge is -2.33. The van der Waals surface area contributed by atoms with E-state index in [9.17, 15) is 18.0 Å². The number of nitrogens with zero attached hydrogens (tertiary/aromatic N) is 3. The highest BCUT2D eigenvalue weighted by Crippen LogP contribution is 2.33. The Kier molecular flexibility index (Phi) is 6.16. The van der Waals surface area contributed by atoms with Gasteiger partial charge in [0.2, 0.25) is 5.95 Å². The first kappa shape index (κ1) is 20.1. The maximum Gasteiger partial charge on any atom is 0.416 e. The van der Waals surface area contributed by atoms with E-state index in [4.69, 9.17) is 0 Å². The fourth-order valence-electron chi connectivity index (χ4n) is 3.61. The van der Waals surface area contributed by atoms with Crippen LogP contribution < -0.4 is 5.32 Å². The number of aromatic nitrogens is 2. The molecule has 28 heavy (non-hydrogen) atoms. The Hall–Kier alpha value is -2.64. The van der Waals surface area contributed by atoms with Gasteiger partial charge < -0.3 is 10.2 Å². The number of anilines is 1. The standard InChI is InChI=1S/C20H23F3N4O/c1-24-19-25-11-16(12-26-19)18(28)27-10-4-5-14(13-27)8-9-15-6-2-3-7-17(15)20(21,22)23/h2-3,6-7,11-12,14H,4-5,8-10,13H2,1H3,(H,24,25,26)/t14-/m1/s1. The van der Waals surface area contributed by atoms with Crippen LogP contribution in [-0.4, -0.2) is 40.9 Å². The molecule has 1 amide bonds. The normalized spacial score (nSPS) is 17.4. The SMILES string of the molecule is CNc1ncc(C(=O)N2CCC[C@H](CCc3ccccc3C(F)(F)F)C2)cn1. The molecule has 0 aliphatic carbocycles. The van der Waals surface area contributed by atoms with Gasteiger partial charge in [0.15, 0.2) is 0 Å². The summed E-state index contributed by atoms with van der Waals surface area (Å²) in [6.07, 6.45) is 1.35. The lowest BCUT2D eigenvalue weighted by molar-refractivity contribution is -0.138. The van der Waals surface area contributed by atoms with E-state index in [1.165, 1.54) is 24.5 Å². The number of hydrogen-bond donors (Lipinski definition) is 1. The van der Waals surface area contributed by atoms with E-state index in [1.54, 1.807) is 18.0 Å². The Labute approximate surface area is 162 Å². The van der Waals surface area contributed by atoms with Crippen molar-refractivity contribution >= 4 is 11.9 Å². The van der Waals surface area contributed by atoms with Gasteiger partial charge in [0, 0.05) is 32.5 Å². The Balaban J connectivity index is 1.62. The number of piperidine rings is 1. The molecule has 0 unspecified atom stereocenters. The fourth-order valence-corrected chi connectivity index (χ4v) is 3.61. The predicted molar refractivity (Wildman–Crippen MR) is 100.0 cm³/mol. The van der Waals surface area contributed by atoms with Crippen LogP contribution in [0.4, 0.5) is 19.1 Å². The van der Waals surface area contributed by atoms with Crippen molar-refractivity contribution in [1.82, 2.24) is 14.9 Å². The monoisotopic (exact) mass is 392 g/mol. The van der Waals surface area contributed by atoms with Crippen molar-refractivity contribution in [2.75, 3.05) is 25.5 Å². The van der Waals surface area contributed by atoms with Crippen LogP contribution in [0.2, 0.25) is 0 Å². The quantitative estimate of drug-likeness (QED) is 0.835. The molecule has 1 aromatic heterocycles. The summed E-state index contributed by atoms with van der Waals surface area (Å²) >= 11 is 0. The van der Waals surface area contributed by atoms with Crippen molar-refractivity contribution < 1.29 is 18.0 Å². The number of amides is 1. The van der Waals surface area contributed by atoms with E-state index in [1.807, 2.05) is 0 Å². The van der Waals surface area contributed by atoms with Gasteiger partial charge in [0.25, 0.3) is 5.91 Å². The van der Waals surface area contributed by atoms with Gasteiger partial charge in [-0.05, 0) is 43.2 Å². The van der Waals surface area contributed by atoms with Gasteiger partial charge in [-0.3, -0.25) is 4.79 Å². The molecule has 1 aromatic carbocycles. The second kappa shape index (κ2) is 8.58. The molecular formula is C20H23F3N4O. The zero-order valence-electron chi connectivity index (χ0n) is 15.7. The van der Waals surface area contributed by atoms with Crippen molar-refractivity contribution in [2.45, 2.75) is 31.9 Å². The van der Waals surface area contributed by atoms with Crippen LogP contribution in [0, 0.1) is 5.92 Å². The predicted octanol–water partition coefficient (Wildman–Crippen LogP) is 4.02. The molecule has 1 saturated heterocycles. The number of likely N-dealkylation sites (tertiary alicyclic amines) is 1. The summed E-state index contributed by atoms with van der Waals surface area (Å²) in [5.41, 5.74) is 0.164. The largest absolute Gasteiger partial charge is 0.416 e. The maximum absolute atomic E-state index is 13.2. The summed E-state index contributed by atoms with van der Waals surface area (Å²) < 4.78 is 39.5. The summed E-state index contributed by atoms with van der Waals surface area (Å²) in [5, 5.41) is 2.80. The number of nitrogens with one attached hydrogen (secondary N) is 1. The average molecular weight is 392 g/mol. The third-order valence-electron chi connectivity index (χ3n) is 5.07. The zero-order chi connectivity index (χ0) is 20.1. The van der Waals surface area contributed by atoms with Gasteiger partial charge in [0.1, 0.15) is 0 Å². The lowest BCUT2D eigenvalue weighted by Crippen LogP contribution is -2.40.